The molecular formula is C19H18N6O2. The van der Waals surface area contributed by atoms with Gasteiger partial charge in [0.05, 0.1) is 19.7 Å². The molecule has 2 aromatic carbocycles. The van der Waals surface area contributed by atoms with Crippen LogP contribution in [0.1, 0.15) is 0 Å². The van der Waals surface area contributed by atoms with Gasteiger partial charge in [-0.25, -0.2) is 4.98 Å². The maximum atomic E-state index is 5.64. The zero-order chi connectivity index (χ0) is 18.8. The van der Waals surface area contributed by atoms with Gasteiger partial charge in [0.15, 0.2) is 11.5 Å². The van der Waals surface area contributed by atoms with Crippen molar-refractivity contribution in [1.29, 1.82) is 0 Å². The number of hydrogen-bond acceptors (Lipinski definition) is 7. The lowest BCUT2D eigenvalue weighted by molar-refractivity contribution is 0.355. The zero-order valence-corrected chi connectivity index (χ0v) is 14.9. The number of rotatable bonds is 5. The molecule has 2 aromatic heterocycles. The van der Waals surface area contributed by atoms with Gasteiger partial charge < -0.3 is 20.5 Å². The third-order valence-electron chi connectivity index (χ3n) is 4.17. The minimum atomic E-state index is 0.218. The van der Waals surface area contributed by atoms with Gasteiger partial charge in [0, 0.05) is 22.8 Å². The van der Waals surface area contributed by atoms with Crippen LogP contribution in [-0.2, 0) is 0 Å². The number of H-pyrrole nitrogens is 1. The van der Waals surface area contributed by atoms with Crippen molar-refractivity contribution < 1.29 is 9.47 Å². The Morgan fingerprint density at radius 3 is 2.63 bits per heavy atom. The van der Waals surface area contributed by atoms with Crippen LogP contribution in [0.4, 0.5) is 17.5 Å². The summed E-state index contributed by atoms with van der Waals surface area (Å²) >= 11 is 0. The summed E-state index contributed by atoms with van der Waals surface area (Å²) in [6.07, 6.45) is 1.61. The van der Waals surface area contributed by atoms with E-state index in [1.807, 2.05) is 36.4 Å². The Bertz CT molecular complexity index is 1110. The molecule has 4 rings (SSSR count). The number of benzene rings is 2. The van der Waals surface area contributed by atoms with Crippen LogP contribution < -0.4 is 20.5 Å². The number of anilines is 3. The molecule has 0 spiro atoms. The van der Waals surface area contributed by atoms with Gasteiger partial charge in [-0.05, 0) is 42.5 Å². The van der Waals surface area contributed by atoms with Crippen molar-refractivity contribution in [1.82, 2.24) is 20.2 Å². The highest BCUT2D eigenvalue weighted by molar-refractivity contribution is 5.95. The number of hydrogen-bond donors (Lipinski definition) is 3. The Morgan fingerprint density at radius 1 is 1.00 bits per heavy atom. The maximum Gasteiger partial charge on any atom is 0.221 e. The van der Waals surface area contributed by atoms with Gasteiger partial charge in [-0.2, -0.15) is 10.1 Å². The lowest BCUT2D eigenvalue weighted by Crippen LogP contribution is -1.98. The Kier molecular flexibility index (Phi) is 4.21. The van der Waals surface area contributed by atoms with Gasteiger partial charge in [-0.3, -0.25) is 5.10 Å². The Labute approximate surface area is 155 Å². The van der Waals surface area contributed by atoms with E-state index in [1.54, 1.807) is 26.5 Å². The van der Waals surface area contributed by atoms with E-state index in [0.717, 1.165) is 27.8 Å². The van der Waals surface area contributed by atoms with E-state index in [4.69, 9.17) is 15.2 Å². The highest BCUT2D eigenvalue weighted by Gasteiger charge is 2.12. The fourth-order valence-electron chi connectivity index (χ4n) is 2.89. The second-order valence-corrected chi connectivity index (χ2v) is 5.83. The number of aromatic nitrogens is 4. The first-order valence-corrected chi connectivity index (χ1v) is 8.24. The molecule has 27 heavy (non-hydrogen) atoms. The summed E-state index contributed by atoms with van der Waals surface area (Å²) in [4.78, 5) is 8.06. The van der Waals surface area contributed by atoms with Gasteiger partial charge in [0.2, 0.25) is 5.95 Å². The first kappa shape index (κ1) is 16.6. The zero-order valence-electron chi connectivity index (χ0n) is 14.9. The molecule has 8 nitrogen and oxygen atoms in total. The molecular weight excluding hydrogens is 344 g/mol. The summed E-state index contributed by atoms with van der Waals surface area (Å²) in [6, 6.07) is 13.4. The highest BCUT2D eigenvalue weighted by atomic mass is 16.5. The van der Waals surface area contributed by atoms with Gasteiger partial charge in [-0.1, -0.05) is 0 Å². The van der Waals surface area contributed by atoms with Crippen molar-refractivity contribution in [2.45, 2.75) is 0 Å². The monoisotopic (exact) mass is 362 g/mol. The van der Waals surface area contributed by atoms with E-state index < -0.39 is 0 Å². The molecule has 0 bridgehead atoms. The third kappa shape index (κ3) is 3.20. The summed E-state index contributed by atoms with van der Waals surface area (Å²) in [5.41, 5.74) is 9.16. The molecule has 0 atom stereocenters. The Balaban J connectivity index is 1.74. The quantitative estimate of drug-likeness (QED) is 0.499. The number of nitrogens with two attached hydrogens (primary N) is 1. The van der Waals surface area contributed by atoms with Crippen LogP contribution >= 0.6 is 0 Å². The number of nitrogen functional groups attached to an aromatic ring is 1. The number of nitrogens with one attached hydrogen (secondary N) is 2. The van der Waals surface area contributed by atoms with Crippen molar-refractivity contribution in [2.24, 2.45) is 0 Å². The van der Waals surface area contributed by atoms with E-state index >= 15 is 0 Å². The molecule has 0 aliphatic heterocycles. The van der Waals surface area contributed by atoms with E-state index in [2.05, 4.69) is 25.5 Å². The predicted molar refractivity (Wildman–Crippen MR) is 104 cm³/mol. The first-order valence-electron chi connectivity index (χ1n) is 8.24. The number of methoxy groups -OCH3 is 2. The molecule has 0 radical (unpaired) electrons. The molecule has 0 aliphatic carbocycles. The van der Waals surface area contributed by atoms with E-state index in [-0.39, 0.29) is 5.95 Å². The van der Waals surface area contributed by atoms with Crippen LogP contribution in [-0.4, -0.2) is 34.4 Å². The molecule has 8 heteroatoms. The molecule has 0 amide bonds. The normalized spacial score (nSPS) is 10.7. The van der Waals surface area contributed by atoms with Crippen molar-refractivity contribution >= 4 is 28.4 Å². The smallest absolute Gasteiger partial charge is 0.221 e. The summed E-state index contributed by atoms with van der Waals surface area (Å²) < 4.78 is 10.7. The van der Waals surface area contributed by atoms with Gasteiger partial charge >= 0.3 is 0 Å². The minimum Gasteiger partial charge on any atom is -0.493 e. The molecule has 2 heterocycles. The topological polar surface area (TPSA) is 111 Å². The van der Waals surface area contributed by atoms with Crippen molar-refractivity contribution in [3.63, 3.8) is 0 Å². The molecule has 0 aliphatic rings. The lowest BCUT2D eigenvalue weighted by Gasteiger charge is -2.09. The maximum absolute atomic E-state index is 5.64. The third-order valence-corrected chi connectivity index (χ3v) is 4.17. The summed E-state index contributed by atoms with van der Waals surface area (Å²) in [5, 5.41) is 11.7. The lowest BCUT2D eigenvalue weighted by atomic mass is 10.1. The standard InChI is InChI=1S/C19H18N6O2/c1-26-15-6-3-11(9-16(15)27-2)18-13-10-12(4-5-14(13)24-25-18)22-17-7-8-21-19(20)23-17/h3-10H,1-2H3,(H,24,25)(H3,20,21,22,23). The van der Waals surface area contributed by atoms with E-state index in [9.17, 15) is 0 Å². The second kappa shape index (κ2) is 6.83. The number of fused-ring (bicyclic) bond motifs is 1. The summed E-state index contributed by atoms with van der Waals surface area (Å²) in [5.74, 6) is 2.16. The summed E-state index contributed by atoms with van der Waals surface area (Å²) in [7, 11) is 3.22. The molecule has 136 valence electrons. The molecule has 0 unspecified atom stereocenters. The van der Waals surface area contributed by atoms with Crippen LogP contribution in [0.2, 0.25) is 0 Å². The van der Waals surface area contributed by atoms with Gasteiger partial charge in [-0.15, -0.1) is 0 Å². The number of ether oxygens (including phenoxy) is 2. The first-order chi connectivity index (χ1) is 13.2. The number of nitrogens with zero attached hydrogens (tertiary/aromatic N) is 3. The van der Waals surface area contributed by atoms with Crippen molar-refractivity contribution in [3.05, 3.63) is 48.7 Å². The average molecular weight is 362 g/mol. The minimum absolute atomic E-state index is 0.218. The Morgan fingerprint density at radius 2 is 1.85 bits per heavy atom. The Hall–Kier alpha value is -3.81. The van der Waals surface area contributed by atoms with Crippen LogP contribution in [0.15, 0.2) is 48.7 Å². The van der Waals surface area contributed by atoms with Crippen LogP contribution in [0.5, 0.6) is 11.5 Å². The molecule has 0 saturated heterocycles. The average Bonchev–Trinajstić information content (AvgIpc) is 3.10. The predicted octanol–water partition coefficient (Wildman–Crippen LogP) is 3.36. The van der Waals surface area contributed by atoms with Crippen LogP contribution in [0.25, 0.3) is 22.2 Å². The van der Waals surface area contributed by atoms with Crippen molar-refractivity contribution in [2.75, 3.05) is 25.3 Å². The molecule has 4 aromatic rings. The van der Waals surface area contributed by atoms with Gasteiger partial charge in [0.1, 0.15) is 11.5 Å². The number of aromatic amines is 1. The van der Waals surface area contributed by atoms with Crippen LogP contribution in [0, 0.1) is 0 Å². The largest absolute Gasteiger partial charge is 0.493 e. The summed E-state index contributed by atoms with van der Waals surface area (Å²) in [6.45, 7) is 0. The van der Waals surface area contributed by atoms with Crippen LogP contribution in [0.3, 0.4) is 0 Å². The fraction of sp³-hybridized carbons (Fsp3) is 0.105. The molecule has 0 saturated carbocycles. The fourth-order valence-corrected chi connectivity index (χ4v) is 2.89. The van der Waals surface area contributed by atoms with E-state index in [0.29, 0.717) is 17.3 Å². The molecule has 0 fully saturated rings. The van der Waals surface area contributed by atoms with E-state index in [1.165, 1.54) is 0 Å². The SMILES string of the molecule is COc1ccc(-c2n[nH]c3ccc(Nc4ccnc(N)n4)cc23)cc1OC. The molecule has 4 N–H and O–H groups in total. The second-order valence-electron chi connectivity index (χ2n) is 5.83. The van der Waals surface area contributed by atoms with Gasteiger partial charge in [0.25, 0.3) is 0 Å². The highest BCUT2D eigenvalue weighted by Crippen LogP contribution is 2.35. The van der Waals surface area contributed by atoms with Crippen molar-refractivity contribution in [3.8, 4) is 22.8 Å².